The molecule has 0 saturated heterocycles. The van der Waals surface area contributed by atoms with Gasteiger partial charge in [-0.05, 0) is 35.9 Å². The second-order valence-electron chi connectivity index (χ2n) is 6.43. The molecule has 0 aliphatic carbocycles. The van der Waals surface area contributed by atoms with Gasteiger partial charge in [0, 0.05) is 12.1 Å². The van der Waals surface area contributed by atoms with Crippen LogP contribution in [-0.2, 0) is 9.53 Å². The zero-order chi connectivity index (χ0) is 23.3. The van der Waals surface area contributed by atoms with Crippen LogP contribution in [0, 0.1) is 0 Å². The first kappa shape index (κ1) is 23.1. The second kappa shape index (κ2) is 10.1. The highest BCUT2D eigenvalue weighted by Gasteiger charge is 2.33. The molecule has 0 fully saturated rings. The Morgan fingerprint density at radius 1 is 0.906 bits per heavy atom. The number of carbonyl (C=O) groups is 1. The maximum absolute atomic E-state index is 12.4. The zero-order valence-corrected chi connectivity index (χ0v) is 19.1. The van der Waals surface area contributed by atoms with Gasteiger partial charge in [-0.2, -0.15) is 0 Å². The molecule has 3 rings (SSSR count). The van der Waals surface area contributed by atoms with Crippen molar-refractivity contribution >= 4 is 34.5 Å². The zero-order valence-electron chi connectivity index (χ0n) is 18.3. The standard InChI is InChI=1S/C23H23NO7S/c1-27-15-8-13(9-16(12-15)28-2)10-19-21(25)20(23(26)31-5)22(32-19)24-14-6-7-17(29-3)18(11-14)30-4/h6-12,25H,1-5H3/b19-10+,24-22?. The molecule has 0 unspecified atom stereocenters. The van der Waals surface area contributed by atoms with Gasteiger partial charge in [0.2, 0.25) is 0 Å². The highest BCUT2D eigenvalue weighted by molar-refractivity contribution is 8.18. The highest BCUT2D eigenvalue weighted by atomic mass is 32.2. The van der Waals surface area contributed by atoms with Crippen molar-refractivity contribution in [2.24, 2.45) is 4.99 Å². The number of thioether (sulfide) groups is 1. The van der Waals surface area contributed by atoms with Gasteiger partial charge in [-0.15, -0.1) is 0 Å². The number of hydrogen-bond donors (Lipinski definition) is 1. The molecule has 1 N–H and O–H groups in total. The van der Waals surface area contributed by atoms with Gasteiger partial charge < -0.3 is 28.8 Å². The fourth-order valence-corrected chi connectivity index (χ4v) is 4.00. The first-order valence-electron chi connectivity index (χ1n) is 9.39. The second-order valence-corrected chi connectivity index (χ2v) is 7.46. The van der Waals surface area contributed by atoms with Crippen LogP contribution in [0.2, 0.25) is 0 Å². The van der Waals surface area contributed by atoms with E-state index in [9.17, 15) is 9.90 Å². The number of aliphatic hydroxyl groups is 1. The molecular weight excluding hydrogens is 434 g/mol. The topological polar surface area (TPSA) is 95.8 Å². The Balaban J connectivity index is 2.06. The molecule has 0 bridgehead atoms. The third kappa shape index (κ3) is 4.83. The molecule has 0 atom stereocenters. The summed E-state index contributed by atoms with van der Waals surface area (Å²) in [4.78, 5) is 17.4. The van der Waals surface area contributed by atoms with Gasteiger partial charge in [-0.3, -0.25) is 0 Å². The maximum Gasteiger partial charge on any atom is 0.344 e. The normalized spacial score (nSPS) is 15.8. The van der Waals surface area contributed by atoms with E-state index < -0.39 is 5.97 Å². The van der Waals surface area contributed by atoms with Gasteiger partial charge >= 0.3 is 5.97 Å². The fraction of sp³-hybridized carbons (Fsp3) is 0.217. The van der Waals surface area contributed by atoms with Crippen LogP contribution < -0.4 is 18.9 Å². The van der Waals surface area contributed by atoms with E-state index in [1.165, 1.54) is 21.3 Å². The van der Waals surface area contributed by atoms with Crippen LogP contribution in [0.15, 0.2) is 57.6 Å². The van der Waals surface area contributed by atoms with Crippen molar-refractivity contribution in [2.75, 3.05) is 35.5 Å². The summed E-state index contributed by atoms with van der Waals surface area (Å²) in [5.74, 6) is 1.31. The van der Waals surface area contributed by atoms with Gasteiger partial charge in [-0.1, -0.05) is 11.8 Å². The smallest absolute Gasteiger partial charge is 0.344 e. The van der Waals surface area contributed by atoms with Crippen molar-refractivity contribution < 1.29 is 33.6 Å². The summed E-state index contributed by atoms with van der Waals surface area (Å²) in [6, 6.07) is 10.4. The van der Waals surface area contributed by atoms with E-state index in [4.69, 9.17) is 23.7 Å². The third-order valence-electron chi connectivity index (χ3n) is 4.55. The summed E-state index contributed by atoms with van der Waals surface area (Å²) in [5, 5.41) is 11.1. The van der Waals surface area contributed by atoms with Crippen molar-refractivity contribution in [1.29, 1.82) is 0 Å². The average Bonchev–Trinajstić information content (AvgIpc) is 3.12. The molecule has 0 radical (unpaired) electrons. The molecule has 1 heterocycles. The van der Waals surface area contributed by atoms with Gasteiger partial charge in [-0.25, -0.2) is 9.79 Å². The molecule has 2 aromatic carbocycles. The third-order valence-corrected chi connectivity index (χ3v) is 5.57. The minimum Gasteiger partial charge on any atom is -0.506 e. The molecule has 1 aliphatic heterocycles. The number of rotatable bonds is 7. The molecule has 0 amide bonds. The molecule has 1 aliphatic rings. The Morgan fingerprint density at radius 3 is 2.12 bits per heavy atom. The monoisotopic (exact) mass is 457 g/mol. The number of nitrogens with zero attached hydrogens (tertiary/aromatic N) is 1. The van der Waals surface area contributed by atoms with Crippen molar-refractivity contribution in [1.82, 2.24) is 0 Å². The summed E-state index contributed by atoms with van der Waals surface area (Å²) in [7, 11) is 7.41. The van der Waals surface area contributed by atoms with Crippen molar-refractivity contribution in [3.8, 4) is 23.0 Å². The number of esters is 1. The van der Waals surface area contributed by atoms with Gasteiger partial charge in [0.25, 0.3) is 0 Å². The Morgan fingerprint density at radius 2 is 1.56 bits per heavy atom. The van der Waals surface area contributed by atoms with Crippen LogP contribution in [0.1, 0.15) is 5.56 Å². The van der Waals surface area contributed by atoms with E-state index in [0.29, 0.717) is 44.2 Å². The molecular formula is C23H23NO7S. The lowest BCUT2D eigenvalue weighted by atomic mass is 10.1. The quantitative estimate of drug-likeness (QED) is 0.606. The minimum absolute atomic E-state index is 0.0200. The van der Waals surface area contributed by atoms with Gasteiger partial charge in [0.05, 0.1) is 46.1 Å². The van der Waals surface area contributed by atoms with Gasteiger partial charge in [0.15, 0.2) is 11.5 Å². The fourth-order valence-electron chi connectivity index (χ4n) is 2.97. The SMILES string of the molecule is COC(=O)C1=C(O)/C(=C\c2cc(OC)cc(OC)c2)SC1=Nc1ccc(OC)c(OC)c1. The lowest BCUT2D eigenvalue weighted by Gasteiger charge is -2.08. The Kier molecular flexibility index (Phi) is 7.32. The van der Waals surface area contributed by atoms with E-state index in [1.54, 1.807) is 56.7 Å². The van der Waals surface area contributed by atoms with Crippen molar-refractivity contribution in [3.63, 3.8) is 0 Å². The lowest BCUT2D eigenvalue weighted by molar-refractivity contribution is -0.135. The molecule has 8 nitrogen and oxygen atoms in total. The number of benzene rings is 2. The Labute approximate surface area is 190 Å². The van der Waals surface area contributed by atoms with E-state index >= 15 is 0 Å². The largest absolute Gasteiger partial charge is 0.506 e. The number of carbonyl (C=O) groups excluding carboxylic acids is 1. The van der Waals surface area contributed by atoms with Crippen LogP contribution in [0.5, 0.6) is 23.0 Å². The van der Waals surface area contributed by atoms with Crippen LogP contribution in [0.4, 0.5) is 5.69 Å². The van der Waals surface area contributed by atoms with E-state index in [-0.39, 0.29) is 11.3 Å². The molecule has 32 heavy (non-hydrogen) atoms. The molecule has 2 aromatic rings. The van der Waals surface area contributed by atoms with Crippen LogP contribution in [0.3, 0.4) is 0 Å². The van der Waals surface area contributed by atoms with E-state index in [2.05, 4.69) is 4.99 Å². The van der Waals surface area contributed by atoms with Crippen LogP contribution in [-0.4, -0.2) is 51.7 Å². The number of methoxy groups -OCH3 is 5. The molecule has 168 valence electrons. The number of hydrogen-bond acceptors (Lipinski definition) is 9. The first-order valence-corrected chi connectivity index (χ1v) is 10.2. The molecule has 0 saturated carbocycles. The summed E-state index contributed by atoms with van der Waals surface area (Å²) < 4.78 is 26.0. The predicted octanol–water partition coefficient (Wildman–Crippen LogP) is 4.52. The molecule has 0 aromatic heterocycles. The molecule has 9 heteroatoms. The average molecular weight is 458 g/mol. The highest BCUT2D eigenvalue weighted by Crippen LogP contribution is 2.41. The minimum atomic E-state index is -0.694. The van der Waals surface area contributed by atoms with Crippen molar-refractivity contribution in [3.05, 3.63) is 58.2 Å². The van der Waals surface area contributed by atoms with E-state index in [1.807, 2.05) is 0 Å². The van der Waals surface area contributed by atoms with E-state index in [0.717, 1.165) is 11.8 Å². The maximum atomic E-state index is 12.4. The summed E-state index contributed by atoms with van der Waals surface area (Å²) in [5.41, 5.74) is 1.21. The van der Waals surface area contributed by atoms with Crippen LogP contribution >= 0.6 is 11.8 Å². The summed E-state index contributed by atoms with van der Waals surface area (Å²) in [6.45, 7) is 0. The molecule has 0 spiro atoms. The summed E-state index contributed by atoms with van der Waals surface area (Å²) >= 11 is 1.14. The Bertz CT molecular complexity index is 1100. The number of ether oxygens (including phenoxy) is 5. The Hall–Kier alpha value is -3.59. The van der Waals surface area contributed by atoms with Crippen molar-refractivity contribution in [2.45, 2.75) is 0 Å². The lowest BCUT2D eigenvalue weighted by Crippen LogP contribution is -2.10. The van der Waals surface area contributed by atoms with Crippen LogP contribution in [0.25, 0.3) is 6.08 Å². The number of aliphatic imine (C=N–C) groups is 1. The van der Waals surface area contributed by atoms with Gasteiger partial charge in [0.1, 0.15) is 27.9 Å². The first-order chi connectivity index (χ1) is 15.4. The number of aliphatic hydroxyl groups excluding tert-OH is 1. The predicted molar refractivity (Wildman–Crippen MR) is 123 cm³/mol. The summed E-state index contributed by atoms with van der Waals surface area (Å²) in [6.07, 6.45) is 1.71.